The van der Waals surface area contributed by atoms with Crippen molar-refractivity contribution in [2.24, 2.45) is 16.8 Å². The van der Waals surface area contributed by atoms with Gasteiger partial charge in [-0.3, -0.25) is 4.99 Å². The van der Waals surface area contributed by atoms with Crippen LogP contribution < -0.4 is 5.32 Å². The van der Waals surface area contributed by atoms with Crippen LogP contribution in [0.1, 0.15) is 38.5 Å². The van der Waals surface area contributed by atoms with E-state index in [1.807, 2.05) is 7.05 Å². The molecule has 1 unspecified atom stereocenters. The van der Waals surface area contributed by atoms with Crippen LogP contribution in [0.25, 0.3) is 0 Å². The molecule has 0 spiro atoms. The minimum atomic E-state index is 0.843. The molecule has 0 amide bonds. The third kappa shape index (κ3) is 3.87. The molecule has 3 rings (SSSR count). The lowest BCUT2D eigenvalue weighted by atomic mass is 10.1. The van der Waals surface area contributed by atoms with Crippen LogP contribution in [0.5, 0.6) is 0 Å². The van der Waals surface area contributed by atoms with E-state index in [0.29, 0.717) is 0 Å². The third-order valence-corrected chi connectivity index (χ3v) is 5.04. The Morgan fingerprint density at radius 1 is 1.10 bits per heavy atom. The number of nitrogens with one attached hydrogen (secondary N) is 1. The number of hydrogen-bond donors (Lipinski definition) is 1. The van der Waals surface area contributed by atoms with Gasteiger partial charge in [-0.15, -0.1) is 0 Å². The van der Waals surface area contributed by atoms with Crippen molar-refractivity contribution in [2.45, 2.75) is 38.5 Å². The summed E-state index contributed by atoms with van der Waals surface area (Å²) in [7, 11) is 1.92. The van der Waals surface area contributed by atoms with E-state index < -0.39 is 0 Å². The molecule has 2 aliphatic heterocycles. The van der Waals surface area contributed by atoms with Gasteiger partial charge in [0.05, 0.1) is 0 Å². The van der Waals surface area contributed by atoms with Crippen molar-refractivity contribution in [3.63, 3.8) is 0 Å². The molecular weight excluding hydrogens is 248 g/mol. The highest BCUT2D eigenvalue weighted by atomic mass is 15.3. The molecule has 3 aliphatic rings. The molecular formula is C16H30N4. The quantitative estimate of drug-likeness (QED) is 0.614. The summed E-state index contributed by atoms with van der Waals surface area (Å²) < 4.78 is 0. The summed E-state index contributed by atoms with van der Waals surface area (Å²) in [6.07, 6.45) is 8.36. The zero-order valence-corrected chi connectivity index (χ0v) is 13.0. The van der Waals surface area contributed by atoms with Crippen molar-refractivity contribution in [3.05, 3.63) is 0 Å². The lowest BCUT2D eigenvalue weighted by Crippen LogP contribution is -2.41. The largest absolute Gasteiger partial charge is 0.356 e. The molecule has 0 aromatic rings. The van der Waals surface area contributed by atoms with Crippen LogP contribution in [-0.2, 0) is 0 Å². The van der Waals surface area contributed by atoms with Gasteiger partial charge in [0.15, 0.2) is 5.96 Å². The number of rotatable bonds is 5. The fourth-order valence-electron chi connectivity index (χ4n) is 3.63. The fraction of sp³-hybridized carbons (Fsp3) is 0.938. The number of likely N-dealkylation sites (tertiary alicyclic amines) is 2. The van der Waals surface area contributed by atoms with Crippen LogP contribution in [-0.4, -0.2) is 62.1 Å². The van der Waals surface area contributed by atoms with Gasteiger partial charge >= 0.3 is 0 Å². The highest BCUT2D eigenvalue weighted by molar-refractivity contribution is 5.80. The summed E-state index contributed by atoms with van der Waals surface area (Å²) in [5, 5.41) is 3.56. The molecule has 0 radical (unpaired) electrons. The summed E-state index contributed by atoms with van der Waals surface area (Å²) in [4.78, 5) is 9.59. The van der Waals surface area contributed by atoms with Crippen LogP contribution >= 0.6 is 0 Å². The summed E-state index contributed by atoms with van der Waals surface area (Å²) >= 11 is 0. The van der Waals surface area contributed by atoms with Gasteiger partial charge in [-0.25, -0.2) is 0 Å². The second-order valence-corrected chi connectivity index (χ2v) is 6.81. The standard InChI is InChI=1S/C16H30N4/c1-17-16(18-8-6-14-4-5-14)20-11-7-15(13-20)12-19-9-2-3-10-19/h14-15H,2-13H2,1H3,(H,17,18). The fourth-order valence-corrected chi connectivity index (χ4v) is 3.63. The topological polar surface area (TPSA) is 30.9 Å². The number of guanidine groups is 1. The first-order valence-corrected chi connectivity index (χ1v) is 8.53. The van der Waals surface area contributed by atoms with Gasteiger partial charge in [0.1, 0.15) is 0 Å². The van der Waals surface area contributed by atoms with E-state index in [4.69, 9.17) is 0 Å². The van der Waals surface area contributed by atoms with Crippen molar-refractivity contribution in [1.29, 1.82) is 0 Å². The van der Waals surface area contributed by atoms with Gasteiger partial charge in [-0.2, -0.15) is 0 Å². The maximum absolute atomic E-state index is 4.47. The molecule has 2 heterocycles. The molecule has 1 N–H and O–H groups in total. The third-order valence-electron chi connectivity index (χ3n) is 5.04. The van der Waals surface area contributed by atoms with Crippen LogP contribution in [0.2, 0.25) is 0 Å². The molecule has 1 aliphatic carbocycles. The predicted molar refractivity (Wildman–Crippen MR) is 84.1 cm³/mol. The highest BCUT2D eigenvalue weighted by Crippen LogP contribution is 2.31. The average Bonchev–Trinajstić information content (AvgIpc) is 2.94. The number of nitrogens with zero attached hydrogens (tertiary/aromatic N) is 3. The molecule has 0 bridgehead atoms. The van der Waals surface area contributed by atoms with E-state index in [0.717, 1.165) is 24.3 Å². The summed E-state index contributed by atoms with van der Waals surface area (Å²) in [6, 6.07) is 0. The van der Waals surface area contributed by atoms with Gasteiger partial charge in [0, 0.05) is 33.2 Å². The van der Waals surface area contributed by atoms with Gasteiger partial charge in [-0.05, 0) is 50.6 Å². The van der Waals surface area contributed by atoms with Gasteiger partial charge < -0.3 is 15.1 Å². The zero-order valence-electron chi connectivity index (χ0n) is 13.0. The Kier molecular flexibility index (Phi) is 4.81. The van der Waals surface area contributed by atoms with Crippen molar-refractivity contribution in [3.8, 4) is 0 Å². The Morgan fingerprint density at radius 2 is 1.90 bits per heavy atom. The van der Waals surface area contributed by atoms with Gasteiger partial charge in [-0.1, -0.05) is 12.8 Å². The molecule has 20 heavy (non-hydrogen) atoms. The minimum absolute atomic E-state index is 0.843. The van der Waals surface area contributed by atoms with Crippen LogP contribution in [0.3, 0.4) is 0 Å². The maximum Gasteiger partial charge on any atom is 0.193 e. The van der Waals surface area contributed by atoms with Gasteiger partial charge in [0.25, 0.3) is 0 Å². The number of hydrogen-bond acceptors (Lipinski definition) is 2. The normalized spacial score (nSPS) is 28.4. The first-order valence-electron chi connectivity index (χ1n) is 8.53. The monoisotopic (exact) mass is 278 g/mol. The Morgan fingerprint density at radius 3 is 2.60 bits per heavy atom. The van der Waals surface area contributed by atoms with E-state index in [-0.39, 0.29) is 0 Å². The Balaban J connectivity index is 1.39. The Hall–Kier alpha value is -0.770. The second kappa shape index (κ2) is 6.79. The Bertz CT molecular complexity index is 331. The van der Waals surface area contributed by atoms with Crippen molar-refractivity contribution < 1.29 is 0 Å². The summed E-state index contributed by atoms with van der Waals surface area (Å²) in [6.45, 7) is 7.43. The van der Waals surface area contributed by atoms with E-state index in [2.05, 4.69) is 20.1 Å². The number of aliphatic imine (C=N–C) groups is 1. The van der Waals surface area contributed by atoms with Gasteiger partial charge in [0.2, 0.25) is 0 Å². The highest BCUT2D eigenvalue weighted by Gasteiger charge is 2.27. The van der Waals surface area contributed by atoms with E-state index >= 15 is 0 Å². The Labute approximate surface area is 123 Å². The van der Waals surface area contributed by atoms with Crippen molar-refractivity contribution in [2.75, 3.05) is 46.3 Å². The summed E-state index contributed by atoms with van der Waals surface area (Å²) in [5.41, 5.74) is 0. The molecule has 1 atom stereocenters. The SMILES string of the molecule is CN=C(NCCC1CC1)N1CCC(CN2CCCC2)C1. The van der Waals surface area contributed by atoms with Crippen LogP contribution in [0.15, 0.2) is 4.99 Å². The lowest BCUT2D eigenvalue weighted by Gasteiger charge is -2.23. The average molecular weight is 278 g/mol. The summed E-state index contributed by atoms with van der Waals surface area (Å²) in [5.74, 6) is 2.98. The molecule has 1 saturated carbocycles. The zero-order chi connectivity index (χ0) is 13.8. The first-order chi connectivity index (χ1) is 9.85. The maximum atomic E-state index is 4.47. The molecule has 0 aromatic carbocycles. The molecule has 4 nitrogen and oxygen atoms in total. The van der Waals surface area contributed by atoms with Crippen LogP contribution in [0.4, 0.5) is 0 Å². The van der Waals surface area contributed by atoms with E-state index in [9.17, 15) is 0 Å². The molecule has 114 valence electrons. The molecule has 3 fully saturated rings. The van der Waals surface area contributed by atoms with Crippen LogP contribution in [0, 0.1) is 11.8 Å². The van der Waals surface area contributed by atoms with E-state index in [1.54, 1.807) is 0 Å². The predicted octanol–water partition coefficient (Wildman–Crippen LogP) is 1.78. The minimum Gasteiger partial charge on any atom is -0.356 e. The lowest BCUT2D eigenvalue weighted by molar-refractivity contribution is 0.281. The van der Waals surface area contributed by atoms with E-state index in [1.165, 1.54) is 71.2 Å². The van der Waals surface area contributed by atoms with Crippen molar-refractivity contribution >= 4 is 5.96 Å². The molecule has 2 saturated heterocycles. The first kappa shape index (κ1) is 14.2. The molecule has 4 heteroatoms. The smallest absolute Gasteiger partial charge is 0.193 e. The molecule has 0 aromatic heterocycles. The van der Waals surface area contributed by atoms with Crippen molar-refractivity contribution in [1.82, 2.24) is 15.1 Å². The second-order valence-electron chi connectivity index (χ2n) is 6.81.